The molecule has 1 aliphatic rings. The van der Waals surface area contributed by atoms with Crippen LogP contribution in [0.1, 0.15) is 69.3 Å². The van der Waals surface area contributed by atoms with Crippen LogP contribution in [-0.4, -0.2) is 85.0 Å². The van der Waals surface area contributed by atoms with Crippen LogP contribution in [0.25, 0.3) is 0 Å². The Kier molecular flexibility index (Phi) is 13.5. The molecule has 45 heavy (non-hydrogen) atoms. The molecule has 2 aromatic carbocycles. The van der Waals surface area contributed by atoms with Gasteiger partial charge >= 0.3 is 12.2 Å². The highest BCUT2D eigenvalue weighted by atomic mass is 19.4. The molecule has 3 N–H and O–H groups in total. The Bertz CT molecular complexity index is 1240. The summed E-state index contributed by atoms with van der Waals surface area (Å²) in [7, 11) is 2.06. The number of likely N-dealkylation sites (N-methyl/N-ethyl adjacent to an activating group) is 1. The molecule has 0 aromatic heterocycles. The van der Waals surface area contributed by atoms with Crippen LogP contribution < -0.4 is 15.4 Å². The second-order valence-electron chi connectivity index (χ2n) is 11.9. The molecule has 1 aliphatic heterocycles. The van der Waals surface area contributed by atoms with Gasteiger partial charge in [-0.05, 0) is 95.6 Å². The number of halogens is 3. The summed E-state index contributed by atoms with van der Waals surface area (Å²) in [6, 6.07) is 7.64. The highest BCUT2D eigenvalue weighted by Gasteiger charge is 2.31. The van der Waals surface area contributed by atoms with Gasteiger partial charge in [-0.15, -0.1) is 0 Å². The Morgan fingerprint density at radius 1 is 1.11 bits per heavy atom. The maximum Gasteiger partial charge on any atom is 0.416 e. The zero-order chi connectivity index (χ0) is 33.1. The van der Waals surface area contributed by atoms with Gasteiger partial charge in [-0.1, -0.05) is 13.8 Å². The molecule has 0 spiro atoms. The van der Waals surface area contributed by atoms with Gasteiger partial charge in [0, 0.05) is 37.0 Å². The maximum atomic E-state index is 14.2. The molecule has 4 atom stereocenters. The van der Waals surface area contributed by atoms with E-state index < -0.39 is 23.8 Å². The molecule has 9 nitrogen and oxygen atoms in total. The second kappa shape index (κ2) is 16.8. The minimum atomic E-state index is -4.49. The SMILES string of the molecule is CCCN(C)C[C@@H]1OCCCC[C@@H](C)Oc2ccc(NC(=O)Nc3ccc(C(F)(F)F)cc3)cc2C(=O)N([C@H](C)CO)C[C@@H]1C. The first-order valence-corrected chi connectivity index (χ1v) is 15.6. The first-order valence-electron chi connectivity index (χ1n) is 15.6. The van der Waals surface area contributed by atoms with Crippen molar-refractivity contribution < 1.29 is 37.3 Å². The van der Waals surface area contributed by atoms with Crippen molar-refractivity contribution in [2.75, 3.05) is 50.5 Å². The molecular weight excluding hydrogens is 589 g/mol. The van der Waals surface area contributed by atoms with Gasteiger partial charge in [0.25, 0.3) is 5.91 Å². The van der Waals surface area contributed by atoms with E-state index in [4.69, 9.17) is 9.47 Å². The van der Waals surface area contributed by atoms with Gasteiger partial charge in [0.2, 0.25) is 0 Å². The minimum Gasteiger partial charge on any atom is -0.490 e. The fourth-order valence-electron chi connectivity index (χ4n) is 5.28. The maximum absolute atomic E-state index is 14.2. The number of hydrogen-bond donors (Lipinski definition) is 3. The number of rotatable bonds is 8. The standard InChI is InChI=1S/C33H47F3N4O5/c1-6-16-39(5)20-30-22(2)19-40(23(3)21-41)31(42)28-18-27(14-15-29(28)45-24(4)9-7-8-17-44-30)38-32(43)37-26-12-10-25(11-13-26)33(34,35)36/h10-15,18,22-24,30,41H,6-9,16-17,19-21H2,1-5H3,(H2,37,38,43)/t22-,23+,24+,30-/m0/s1. The first-order chi connectivity index (χ1) is 21.3. The van der Waals surface area contributed by atoms with E-state index in [1.54, 1.807) is 24.0 Å². The van der Waals surface area contributed by atoms with Gasteiger partial charge in [0.1, 0.15) is 5.75 Å². The summed E-state index contributed by atoms with van der Waals surface area (Å²) < 4.78 is 51.3. The number of urea groups is 1. The summed E-state index contributed by atoms with van der Waals surface area (Å²) in [5.41, 5.74) is -0.144. The Labute approximate surface area is 264 Å². The Morgan fingerprint density at radius 2 is 1.78 bits per heavy atom. The van der Waals surface area contributed by atoms with Crippen LogP contribution in [0.5, 0.6) is 5.75 Å². The summed E-state index contributed by atoms with van der Waals surface area (Å²) >= 11 is 0. The highest BCUT2D eigenvalue weighted by Crippen LogP contribution is 2.31. The molecule has 2 aromatic rings. The van der Waals surface area contributed by atoms with Gasteiger partial charge in [0.05, 0.1) is 36.0 Å². The van der Waals surface area contributed by atoms with Crippen molar-refractivity contribution in [1.29, 1.82) is 0 Å². The Balaban J connectivity index is 1.89. The van der Waals surface area contributed by atoms with Crippen molar-refractivity contribution in [1.82, 2.24) is 9.80 Å². The van der Waals surface area contributed by atoms with Gasteiger partial charge in [-0.3, -0.25) is 4.79 Å². The van der Waals surface area contributed by atoms with Crippen molar-refractivity contribution in [3.63, 3.8) is 0 Å². The van der Waals surface area contributed by atoms with E-state index in [-0.39, 0.29) is 47.6 Å². The number of aliphatic hydroxyl groups is 1. The van der Waals surface area contributed by atoms with Crippen molar-refractivity contribution in [2.24, 2.45) is 5.92 Å². The summed E-state index contributed by atoms with van der Waals surface area (Å²) in [5.74, 6) is -0.0593. The normalized spacial score (nSPS) is 21.0. The fourth-order valence-corrected chi connectivity index (χ4v) is 5.28. The van der Waals surface area contributed by atoms with Crippen LogP contribution in [0, 0.1) is 5.92 Å². The van der Waals surface area contributed by atoms with Crippen molar-refractivity contribution >= 4 is 23.3 Å². The molecule has 0 fully saturated rings. The van der Waals surface area contributed by atoms with Crippen molar-refractivity contribution in [3.8, 4) is 5.75 Å². The molecule has 0 aliphatic carbocycles. The third kappa shape index (κ3) is 10.9. The van der Waals surface area contributed by atoms with Crippen LogP contribution in [0.3, 0.4) is 0 Å². The summed E-state index contributed by atoms with van der Waals surface area (Å²) in [5, 5.41) is 15.3. The average molecular weight is 637 g/mol. The minimum absolute atomic E-state index is 0.0516. The van der Waals surface area contributed by atoms with Gasteiger partial charge in [0.15, 0.2) is 0 Å². The van der Waals surface area contributed by atoms with E-state index >= 15 is 0 Å². The second-order valence-corrected chi connectivity index (χ2v) is 11.9. The molecule has 0 bridgehead atoms. The third-order valence-electron chi connectivity index (χ3n) is 7.88. The number of anilines is 2. The summed E-state index contributed by atoms with van der Waals surface area (Å²) in [4.78, 5) is 30.8. The lowest BCUT2D eigenvalue weighted by molar-refractivity contribution is -0.137. The molecule has 3 amide bonds. The molecule has 0 radical (unpaired) electrons. The predicted molar refractivity (Wildman–Crippen MR) is 169 cm³/mol. The van der Waals surface area contributed by atoms with Crippen LogP contribution in [0.15, 0.2) is 42.5 Å². The highest BCUT2D eigenvalue weighted by molar-refractivity contribution is 6.02. The van der Waals surface area contributed by atoms with E-state index in [1.165, 1.54) is 6.07 Å². The van der Waals surface area contributed by atoms with Crippen molar-refractivity contribution in [2.45, 2.75) is 77.8 Å². The number of hydrogen-bond acceptors (Lipinski definition) is 6. The number of carbonyl (C=O) groups is 2. The number of nitrogens with zero attached hydrogens (tertiary/aromatic N) is 2. The lowest BCUT2D eigenvalue weighted by Gasteiger charge is -2.35. The van der Waals surface area contributed by atoms with Crippen molar-refractivity contribution in [3.05, 3.63) is 53.6 Å². The monoisotopic (exact) mass is 636 g/mol. The third-order valence-corrected chi connectivity index (χ3v) is 7.88. The van der Waals surface area contributed by atoms with Gasteiger partial charge in [-0.25, -0.2) is 4.79 Å². The number of carbonyl (C=O) groups excluding carboxylic acids is 2. The van der Waals surface area contributed by atoms with E-state index in [1.807, 2.05) is 13.8 Å². The van der Waals surface area contributed by atoms with Crippen LogP contribution in [-0.2, 0) is 10.9 Å². The smallest absolute Gasteiger partial charge is 0.416 e. The van der Waals surface area contributed by atoms with E-state index in [0.29, 0.717) is 25.4 Å². The summed E-state index contributed by atoms with van der Waals surface area (Å²) in [6.45, 7) is 10.2. The summed E-state index contributed by atoms with van der Waals surface area (Å²) in [6.07, 6.45) is -1.30. The quantitative estimate of drug-likeness (QED) is 0.306. The average Bonchev–Trinajstić information content (AvgIpc) is 2.98. The molecule has 3 rings (SSSR count). The lowest BCUT2D eigenvalue weighted by Crippen LogP contribution is -2.47. The molecule has 0 saturated carbocycles. The zero-order valence-corrected chi connectivity index (χ0v) is 26.8. The number of nitrogens with one attached hydrogen (secondary N) is 2. The number of amides is 3. The van der Waals surface area contributed by atoms with Crippen LogP contribution >= 0.6 is 0 Å². The molecule has 12 heteroatoms. The Hall–Kier alpha value is -3.35. The number of fused-ring (bicyclic) bond motifs is 1. The fraction of sp³-hybridized carbons (Fsp3) is 0.576. The molecule has 0 saturated heterocycles. The van der Waals surface area contributed by atoms with Crippen LogP contribution in [0.4, 0.5) is 29.3 Å². The van der Waals surface area contributed by atoms with E-state index in [2.05, 4.69) is 29.5 Å². The van der Waals surface area contributed by atoms with E-state index in [0.717, 1.165) is 56.5 Å². The molecule has 250 valence electrons. The number of aliphatic hydroxyl groups excluding tert-OH is 1. The predicted octanol–water partition coefficient (Wildman–Crippen LogP) is 6.49. The topological polar surface area (TPSA) is 103 Å². The number of benzene rings is 2. The van der Waals surface area contributed by atoms with Gasteiger partial charge < -0.3 is 35.0 Å². The Morgan fingerprint density at radius 3 is 2.42 bits per heavy atom. The van der Waals surface area contributed by atoms with Gasteiger partial charge in [-0.2, -0.15) is 13.2 Å². The molecule has 0 unspecified atom stereocenters. The molecule has 1 heterocycles. The van der Waals surface area contributed by atoms with Crippen LogP contribution in [0.2, 0.25) is 0 Å². The first kappa shape index (κ1) is 36.1. The number of ether oxygens (including phenoxy) is 2. The number of alkyl halides is 3. The lowest BCUT2D eigenvalue weighted by atomic mass is 10.0. The molecular formula is C33H47F3N4O5. The zero-order valence-electron chi connectivity index (χ0n) is 26.8. The largest absolute Gasteiger partial charge is 0.490 e. The van der Waals surface area contributed by atoms with E-state index in [9.17, 15) is 27.9 Å².